The van der Waals surface area contributed by atoms with Crippen molar-refractivity contribution in [1.82, 2.24) is 10.2 Å². The van der Waals surface area contributed by atoms with E-state index in [9.17, 15) is 22.4 Å². The Morgan fingerprint density at radius 1 is 0.952 bits per heavy atom. The second-order valence-corrected chi connectivity index (χ2v) is 11.3. The summed E-state index contributed by atoms with van der Waals surface area (Å²) in [5.74, 6) is -0.394. The highest BCUT2D eigenvalue weighted by Gasteiger charge is 2.33. The van der Waals surface area contributed by atoms with E-state index in [4.69, 9.17) is 9.47 Å². The van der Waals surface area contributed by atoms with Gasteiger partial charge in [0.05, 0.1) is 24.3 Å². The molecule has 3 aromatic carbocycles. The molecule has 0 fully saturated rings. The van der Waals surface area contributed by atoms with Gasteiger partial charge in [0.15, 0.2) is 0 Å². The average molecular weight is 600 g/mol. The van der Waals surface area contributed by atoms with E-state index < -0.39 is 34.3 Å². The number of rotatable bonds is 15. The van der Waals surface area contributed by atoms with Gasteiger partial charge in [-0.15, -0.1) is 0 Å². The van der Waals surface area contributed by atoms with Crippen molar-refractivity contribution in [1.29, 1.82) is 0 Å². The molecule has 11 heteroatoms. The summed E-state index contributed by atoms with van der Waals surface area (Å²) in [4.78, 5) is 28.5. The second-order valence-electron chi connectivity index (χ2n) is 9.48. The molecule has 226 valence electrons. The monoisotopic (exact) mass is 599 g/mol. The third-order valence-electron chi connectivity index (χ3n) is 6.54. The summed E-state index contributed by atoms with van der Waals surface area (Å²) in [6.45, 7) is 5.85. The first kappa shape index (κ1) is 32.4. The van der Waals surface area contributed by atoms with Crippen molar-refractivity contribution in [3.8, 4) is 11.5 Å². The molecule has 9 nitrogen and oxygen atoms in total. The molecule has 1 N–H and O–H groups in total. The highest BCUT2D eigenvalue weighted by molar-refractivity contribution is 7.92. The Kier molecular flexibility index (Phi) is 11.7. The van der Waals surface area contributed by atoms with E-state index in [1.807, 2.05) is 13.8 Å². The number of hydrogen-bond acceptors (Lipinski definition) is 6. The van der Waals surface area contributed by atoms with E-state index in [2.05, 4.69) is 5.32 Å². The van der Waals surface area contributed by atoms with E-state index in [1.54, 1.807) is 43.3 Å². The molecular formula is C31H38FN3O6S. The summed E-state index contributed by atoms with van der Waals surface area (Å²) in [7, 11) is -2.79. The SMILES string of the molecule is CCCNC(=O)[C@H](CC)N(Cc1cccc(OC)c1)C(=O)CN(c1ccc(OCC)cc1)S(=O)(=O)c1ccc(F)cc1. The Balaban J connectivity index is 2.06. The Bertz CT molecular complexity index is 1430. The van der Waals surface area contributed by atoms with E-state index in [0.29, 0.717) is 43.1 Å². The Hall–Kier alpha value is -4.12. The number of methoxy groups -OCH3 is 1. The van der Waals surface area contributed by atoms with Crippen LogP contribution in [-0.2, 0) is 26.2 Å². The van der Waals surface area contributed by atoms with Crippen molar-refractivity contribution in [2.45, 2.75) is 51.1 Å². The highest BCUT2D eigenvalue weighted by atomic mass is 32.2. The minimum atomic E-state index is -4.32. The van der Waals surface area contributed by atoms with E-state index in [-0.39, 0.29) is 23.0 Å². The maximum absolute atomic E-state index is 14.1. The fourth-order valence-corrected chi connectivity index (χ4v) is 5.81. The Labute approximate surface area is 247 Å². The maximum atomic E-state index is 14.1. The van der Waals surface area contributed by atoms with Crippen LogP contribution in [0, 0.1) is 5.82 Å². The van der Waals surface area contributed by atoms with Gasteiger partial charge in [0.25, 0.3) is 10.0 Å². The zero-order valence-electron chi connectivity index (χ0n) is 24.4. The number of anilines is 1. The standard InChI is InChI=1S/C31H38FN3O6S/c1-5-19-33-31(37)29(6-2)34(21-23-9-8-10-27(20-23)40-4)30(36)22-35(25-13-15-26(16-14-25)41-7-3)42(38,39)28-17-11-24(32)12-18-28/h8-18,20,29H,5-7,19,21-22H2,1-4H3,(H,33,37)/t29-/m0/s1. The molecule has 0 aliphatic carbocycles. The third kappa shape index (κ3) is 8.22. The number of nitrogens with zero attached hydrogens (tertiary/aromatic N) is 2. The number of benzene rings is 3. The predicted octanol–water partition coefficient (Wildman–Crippen LogP) is 4.76. The molecule has 0 aromatic heterocycles. The number of carbonyl (C=O) groups is 2. The van der Waals surface area contributed by atoms with Crippen molar-refractivity contribution in [2.75, 3.05) is 31.1 Å². The van der Waals surface area contributed by atoms with Gasteiger partial charge in [-0.05, 0) is 86.0 Å². The molecule has 3 aromatic rings. The number of nitrogens with one attached hydrogen (secondary N) is 1. The van der Waals surface area contributed by atoms with E-state index in [0.717, 1.165) is 28.6 Å². The predicted molar refractivity (Wildman–Crippen MR) is 159 cm³/mol. The molecule has 0 aliphatic heterocycles. The van der Waals surface area contributed by atoms with Gasteiger partial charge in [0.1, 0.15) is 29.9 Å². The minimum Gasteiger partial charge on any atom is -0.497 e. The Morgan fingerprint density at radius 2 is 1.64 bits per heavy atom. The van der Waals surface area contributed by atoms with Gasteiger partial charge in [-0.2, -0.15) is 0 Å². The molecule has 0 saturated heterocycles. The van der Waals surface area contributed by atoms with Crippen molar-refractivity contribution >= 4 is 27.5 Å². The Morgan fingerprint density at radius 3 is 2.24 bits per heavy atom. The molecule has 3 rings (SSSR count). The van der Waals surface area contributed by atoms with Crippen LogP contribution in [0.15, 0.2) is 77.7 Å². The third-order valence-corrected chi connectivity index (χ3v) is 8.33. The lowest BCUT2D eigenvalue weighted by molar-refractivity contribution is -0.140. The fraction of sp³-hybridized carbons (Fsp3) is 0.355. The van der Waals surface area contributed by atoms with Crippen LogP contribution in [0.1, 0.15) is 39.2 Å². The summed E-state index contributed by atoms with van der Waals surface area (Å²) in [5.41, 5.74) is 0.916. The maximum Gasteiger partial charge on any atom is 0.264 e. The molecule has 1 atom stereocenters. The van der Waals surface area contributed by atoms with Gasteiger partial charge in [0.2, 0.25) is 11.8 Å². The smallest absolute Gasteiger partial charge is 0.264 e. The lowest BCUT2D eigenvalue weighted by Gasteiger charge is -2.33. The first-order valence-electron chi connectivity index (χ1n) is 13.9. The minimum absolute atomic E-state index is 0.0435. The van der Waals surface area contributed by atoms with Gasteiger partial charge < -0.3 is 19.7 Å². The number of halogens is 1. The number of sulfonamides is 1. The van der Waals surface area contributed by atoms with Gasteiger partial charge in [-0.25, -0.2) is 12.8 Å². The summed E-state index contributed by atoms with van der Waals surface area (Å²) in [5, 5.41) is 2.85. The van der Waals surface area contributed by atoms with Gasteiger partial charge >= 0.3 is 0 Å². The van der Waals surface area contributed by atoms with Crippen molar-refractivity contribution in [2.24, 2.45) is 0 Å². The quantitative estimate of drug-likeness (QED) is 0.270. The highest BCUT2D eigenvalue weighted by Crippen LogP contribution is 2.27. The lowest BCUT2D eigenvalue weighted by atomic mass is 10.1. The summed E-state index contributed by atoms with van der Waals surface area (Å²) in [6.07, 6.45) is 1.02. The van der Waals surface area contributed by atoms with Crippen LogP contribution >= 0.6 is 0 Å². The summed E-state index contributed by atoms with van der Waals surface area (Å²) >= 11 is 0. The van der Waals surface area contributed by atoms with Crippen LogP contribution in [0.3, 0.4) is 0 Å². The number of carbonyl (C=O) groups excluding carboxylic acids is 2. The van der Waals surface area contributed by atoms with Crippen LogP contribution in [0.25, 0.3) is 0 Å². The molecule has 0 saturated carbocycles. The largest absolute Gasteiger partial charge is 0.497 e. The normalized spacial score (nSPS) is 11.8. The van der Waals surface area contributed by atoms with Crippen LogP contribution in [-0.4, -0.2) is 58.0 Å². The van der Waals surface area contributed by atoms with E-state index in [1.165, 1.54) is 24.1 Å². The van der Waals surface area contributed by atoms with Gasteiger partial charge in [0, 0.05) is 13.1 Å². The zero-order chi connectivity index (χ0) is 30.7. The van der Waals surface area contributed by atoms with Crippen LogP contribution in [0.2, 0.25) is 0 Å². The van der Waals surface area contributed by atoms with E-state index >= 15 is 0 Å². The average Bonchev–Trinajstić information content (AvgIpc) is 2.99. The van der Waals surface area contributed by atoms with Gasteiger partial charge in [-0.1, -0.05) is 26.0 Å². The van der Waals surface area contributed by atoms with Crippen LogP contribution < -0.4 is 19.1 Å². The molecule has 0 aliphatic rings. The van der Waals surface area contributed by atoms with Gasteiger partial charge in [-0.3, -0.25) is 13.9 Å². The molecular weight excluding hydrogens is 561 g/mol. The molecule has 2 amide bonds. The lowest BCUT2D eigenvalue weighted by Crippen LogP contribution is -2.52. The first-order valence-corrected chi connectivity index (χ1v) is 15.3. The number of ether oxygens (including phenoxy) is 2. The zero-order valence-corrected chi connectivity index (χ0v) is 25.2. The van der Waals surface area contributed by atoms with Crippen LogP contribution in [0.4, 0.5) is 10.1 Å². The molecule has 0 heterocycles. The number of hydrogen-bond donors (Lipinski definition) is 1. The second kappa shape index (κ2) is 15.2. The van der Waals surface area contributed by atoms with Crippen molar-refractivity contribution in [3.05, 3.63) is 84.2 Å². The molecule has 0 radical (unpaired) electrons. The van der Waals surface area contributed by atoms with Crippen molar-refractivity contribution in [3.63, 3.8) is 0 Å². The van der Waals surface area contributed by atoms with Crippen LogP contribution in [0.5, 0.6) is 11.5 Å². The number of amides is 2. The molecule has 0 bridgehead atoms. The molecule has 0 unspecified atom stereocenters. The summed E-state index contributed by atoms with van der Waals surface area (Å²) in [6, 6.07) is 16.9. The molecule has 0 spiro atoms. The molecule has 42 heavy (non-hydrogen) atoms. The summed E-state index contributed by atoms with van der Waals surface area (Å²) < 4.78 is 53.2. The topological polar surface area (TPSA) is 105 Å². The fourth-order valence-electron chi connectivity index (χ4n) is 4.39. The first-order chi connectivity index (χ1) is 20.1. The van der Waals surface area contributed by atoms with Crippen molar-refractivity contribution < 1.29 is 31.9 Å².